The van der Waals surface area contributed by atoms with Gasteiger partial charge in [-0.15, -0.1) is 0 Å². The van der Waals surface area contributed by atoms with Crippen LogP contribution in [-0.2, 0) is 0 Å². The molecule has 25 heavy (non-hydrogen) atoms. The monoisotopic (exact) mass is 447 g/mol. The Morgan fingerprint density at radius 1 is 1.40 bits per heavy atom. The van der Waals surface area contributed by atoms with Gasteiger partial charge in [0, 0.05) is 17.8 Å². The fraction of sp³-hybridized carbons (Fsp3) is 0.412. The number of halogens is 1. The summed E-state index contributed by atoms with van der Waals surface area (Å²) in [4.78, 5) is 11.9. The van der Waals surface area contributed by atoms with Crippen molar-refractivity contribution in [2.45, 2.75) is 38.1 Å². The first kappa shape index (κ1) is 16.3. The lowest BCUT2D eigenvalue weighted by atomic mass is 9.96. The number of nitrogens with zero attached hydrogens (tertiary/aromatic N) is 5. The van der Waals surface area contributed by atoms with Crippen molar-refractivity contribution in [3.63, 3.8) is 0 Å². The van der Waals surface area contributed by atoms with Gasteiger partial charge in [0.15, 0.2) is 5.82 Å². The largest absolute Gasteiger partial charge is 0.346 e. The molecule has 1 fully saturated rings. The van der Waals surface area contributed by atoms with Gasteiger partial charge in [0.25, 0.3) is 0 Å². The molecule has 3 aromatic rings. The van der Waals surface area contributed by atoms with Gasteiger partial charge in [-0.25, -0.2) is 9.97 Å². The van der Waals surface area contributed by atoms with Crippen molar-refractivity contribution in [2.75, 3.05) is 3.53 Å². The van der Waals surface area contributed by atoms with Gasteiger partial charge >= 0.3 is 0 Å². The maximum atomic E-state index is 9.29. The van der Waals surface area contributed by atoms with Crippen LogP contribution < -0.4 is 3.53 Å². The molecule has 0 radical (unpaired) electrons. The summed E-state index contributed by atoms with van der Waals surface area (Å²) in [5.74, 6) is 1.29. The third kappa shape index (κ3) is 2.97. The highest BCUT2D eigenvalue weighted by atomic mass is 127. The Bertz CT molecular complexity index is 917. The van der Waals surface area contributed by atoms with Gasteiger partial charge in [-0.2, -0.15) is 10.4 Å². The molecule has 128 valence electrons. The van der Waals surface area contributed by atoms with Crippen molar-refractivity contribution >= 4 is 39.7 Å². The van der Waals surface area contributed by atoms with Gasteiger partial charge in [0.1, 0.15) is 12.0 Å². The van der Waals surface area contributed by atoms with Crippen molar-refractivity contribution in [1.29, 1.82) is 5.26 Å². The zero-order valence-corrected chi connectivity index (χ0v) is 15.8. The Balaban J connectivity index is 1.79. The third-order valence-electron chi connectivity index (χ3n) is 5.01. The number of anilines is 1. The third-order valence-corrected chi connectivity index (χ3v) is 5.53. The van der Waals surface area contributed by atoms with Crippen LogP contribution in [0.2, 0.25) is 0 Å². The topological polar surface area (TPSA) is 95.2 Å². The molecule has 0 saturated heterocycles. The molecule has 4 rings (SSSR count). The van der Waals surface area contributed by atoms with Gasteiger partial charge < -0.3 is 8.51 Å². The lowest BCUT2D eigenvalue weighted by Crippen LogP contribution is -2.17. The van der Waals surface area contributed by atoms with Gasteiger partial charge in [0.05, 0.1) is 52.7 Å². The number of aromatic nitrogens is 5. The Hall–Kier alpha value is -2.15. The van der Waals surface area contributed by atoms with Crippen LogP contribution in [0.4, 0.5) is 5.82 Å². The minimum atomic E-state index is 0.119. The molecule has 0 aliphatic heterocycles. The number of hydrogen-bond donors (Lipinski definition) is 2. The highest BCUT2D eigenvalue weighted by Crippen LogP contribution is 2.38. The van der Waals surface area contributed by atoms with Crippen molar-refractivity contribution in [3.8, 4) is 17.3 Å². The molecular weight excluding hydrogens is 429 g/mol. The second-order valence-electron chi connectivity index (χ2n) is 6.40. The van der Waals surface area contributed by atoms with E-state index in [0.717, 1.165) is 28.1 Å². The van der Waals surface area contributed by atoms with E-state index in [-0.39, 0.29) is 6.04 Å². The summed E-state index contributed by atoms with van der Waals surface area (Å²) >= 11 is 2.09. The fourth-order valence-corrected chi connectivity index (χ4v) is 4.20. The van der Waals surface area contributed by atoms with E-state index in [4.69, 9.17) is 5.10 Å². The molecule has 7 nitrogen and oxygen atoms in total. The molecule has 1 aliphatic carbocycles. The molecule has 0 amide bonds. The molecule has 0 spiro atoms. The molecule has 1 saturated carbocycles. The normalized spacial score (nSPS) is 16.2. The van der Waals surface area contributed by atoms with Crippen LogP contribution in [0.3, 0.4) is 0 Å². The van der Waals surface area contributed by atoms with Crippen LogP contribution in [0.25, 0.3) is 22.3 Å². The molecule has 8 heteroatoms. The average molecular weight is 447 g/mol. The van der Waals surface area contributed by atoms with E-state index in [1.807, 2.05) is 23.1 Å². The predicted molar refractivity (Wildman–Crippen MR) is 104 cm³/mol. The standard InChI is InChI=1S/C17H18IN7/c18-23-17-13(15-12-6-8-20-16(12)22-10-21-15)9-25(24-17)14(5-7-19)11-3-1-2-4-11/h6,8-11,14H,1-5H2,(H,23,24)(H,20,21,22)/t14-/m1/s1. The summed E-state index contributed by atoms with van der Waals surface area (Å²) in [6, 6.07) is 4.44. The minimum absolute atomic E-state index is 0.119. The Morgan fingerprint density at radius 2 is 2.24 bits per heavy atom. The van der Waals surface area contributed by atoms with Crippen LogP contribution >= 0.6 is 22.9 Å². The molecule has 2 N–H and O–H groups in total. The molecule has 3 heterocycles. The lowest BCUT2D eigenvalue weighted by Gasteiger charge is -2.21. The van der Waals surface area contributed by atoms with Crippen LogP contribution in [0.15, 0.2) is 24.8 Å². The first-order chi connectivity index (χ1) is 12.3. The number of H-pyrrole nitrogens is 1. The highest BCUT2D eigenvalue weighted by molar-refractivity contribution is 14.1. The van der Waals surface area contributed by atoms with Crippen molar-refractivity contribution in [3.05, 3.63) is 24.8 Å². The molecule has 0 unspecified atom stereocenters. The van der Waals surface area contributed by atoms with Gasteiger partial charge in [-0.05, 0) is 24.8 Å². The van der Waals surface area contributed by atoms with Gasteiger partial charge in [0.2, 0.25) is 0 Å². The molecule has 1 aliphatic rings. The van der Waals surface area contributed by atoms with Crippen LogP contribution in [0, 0.1) is 17.2 Å². The Morgan fingerprint density at radius 3 is 3.00 bits per heavy atom. The predicted octanol–water partition coefficient (Wildman–Crippen LogP) is 4.23. The average Bonchev–Trinajstić information content (AvgIpc) is 3.39. The molecule has 0 bridgehead atoms. The van der Waals surface area contributed by atoms with Crippen LogP contribution in [-0.4, -0.2) is 24.7 Å². The van der Waals surface area contributed by atoms with Crippen molar-refractivity contribution < 1.29 is 0 Å². The number of rotatable bonds is 5. The Kier molecular flexibility index (Phi) is 4.57. The summed E-state index contributed by atoms with van der Waals surface area (Å²) in [5, 5.41) is 15.0. The number of aromatic amines is 1. The number of hydrogen-bond acceptors (Lipinski definition) is 5. The summed E-state index contributed by atoms with van der Waals surface area (Å²) in [5.41, 5.74) is 2.59. The zero-order chi connectivity index (χ0) is 17.2. The molecule has 3 aromatic heterocycles. The van der Waals surface area contributed by atoms with Crippen LogP contribution in [0.5, 0.6) is 0 Å². The summed E-state index contributed by atoms with van der Waals surface area (Å²) in [6.07, 6.45) is 10.8. The van der Waals surface area contributed by atoms with Crippen molar-refractivity contribution in [1.82, 2.24) is 24.7 Å². The molecular formula is C17H18IN7. The van der Waals surface area contributed by atoms with Gasteiger partial charge in [-0.3, -0.25) is 4.68 Å². The lowest BCUT2D eigenvalue weighted by molar-refractivity contribution is 0.315. The molecule has 1 atom stereocenters. The quantitative estimate of drug-likeness (QED) is 0.451. The highest BCUT2D eigenvalue weighted by Gasteiger charge is 2.28. The van der Waals surface area contributed by atoms with E-state index in [0.29, 0.717) is 12.3 Å². The first-order valence-electron chi connectivity index (χ1n) is 8.43. The Labute approximate surface area is 159 Å². The van der Waals surface area contributed by atoms with Gasteiger partial charge in [-0.1, -0.05) is 12.8 Å². The van der Waals surface area contributed by atoms with E-state index in [2.05, 4.69) is 47.4 Å². The summed E-state index contributed by atoms with van der Waals surface area (Å²) in [6.45, 7) is 0. The molecule has 0 aromatic carbocycles. The zero-order valence-electron chi connectivity index (χ0n) is 13.6. The SMILES string of the molecule is N#CC[C@H](C1CCCC1)n1cc(-c2ncnc3[nH]ccc23)c(NI)n1. The number of nitrogens with one attached hydrogen (secondary N) is 2. The van der Waals surface area contributed by atoms with E-state index < -0.39 is 0 Å². The van der Waals surface area contributed by atoms with E-state index in [1.54, 1.807) is 6.33 Å². The number of nitriles is 1. The summed E-state index contributed by atoms with van der Waals surface area (Å²) in [7, 11) is 0. The minimum Gasteiger partial charge on any atom is -0.346 e. The fourth-order valence-electron chi connectivity index (χ4n) is 3.80. The number of fused-ring (bicyclic) bond motifs is 1. The van der Waals surface area contributed by atoms with Crippen LogP contribution in [0.1, 0.15) is 38.1 Å². The second kappa shape index (κ2) is 7.00. The van der Waals surface area contributed by atoms with E-state index in [1.165, 1.54) is 25.7 Å². The van der Waals surface area contributed by atoms with E-state index in [9.17, 15) is 5.26 Å². The van der Waals surface area contributed by atoms with E-state index >= 15 is 0 Å². The summed E-state index contributed by atoms with van der Waals surface area (Å²) < 4.78 is 5.11. The smallest absolute Gasteiger partial charge is 0.166 e. The van der Waals surface area contributed by atoms with Crippen molar-refractivity contribution in [2.24, 2.45) is 5.92 Å². The second-order valence-corrected chi connectivity index (χ2v) is 6.94. The maximum Gasteiger partial charge on any atom is 0.166 e. The first-order valence-corrected chi connectivity index (χ1v) is 9.51. The maximum absolute atomic E-state index is 9.29.